The highest BCUT2D eigenvalue weighted by Crippen LogP contribution is 2.34. The monoisotopic (exact) mass is 393 g/mol. The average molecular weight is 394 g/mol. The van der Waals surface area contributed by atoms with Crippen molar-refractivity contribution in [3.8, 4) is 0 Å². The molecule has 0 unspecified atom stereocenters. The van der Waals surface area contributed by atoms with E-state index in [1.165, 1.54) is 5.56 Å². The lowest BCUT2D eigenvalue weighted by atomic mass is 9.84. The van der Waals surface area contributed by atoms with Gasteiger partial charge in [0.05, 0.1) is 17.2 Å². The molecule has 0 spiro atoms. The minimum absolute atomic E-state index is 0.0832. The largest absolute Gasteiger partial charge is 0.460 e. The SMILES string of the molecule is CCCN(c1ccccc1)[C@H]1COC(=O)C(C(C)(C)O)=C1CCc1ccccc1. The quantitative estimate of drug-likeness (QED) is 0.670. The number of hydrogen-bond donors (Lipinski definition) is 1. The zero-order valence-corrected chi connectivity index (χ0v) is 17.6. The Labute approximate surface area is 173 Å². The van der Waals surface area contributed by atoms with Crippen molar-refractivity contribution in [3.63, 3.8) is 0 Å². The van der Waals surface area contributed by atoms with E-state index in [9.17, 15) is 9.90 Å². The number of cyclic esters (lactones) is 1. The second-order valence-corrected chi connectivity index (χ2v) is 8.09. The molecular formula is C25H31NO3. The highest BCUT2D eigenvalue weighted by Gasteiger charge is 2.39. The lowest BCUT2D eigenvalue weighted by molar-refractivity contribution is -0.143. The Morgan fingerprint density at radius 2 is 1.66 bits per heavy atom. The number of para-hydroxylation sites is 1. The molecule has 0 amide bonds. The van der Waals surface area contributed by atoms with Crippen molar-refractivity contribution in [2.45, 2.75) is 51.7 Å². The fourth-order valence-corrected chi connectivity index (χ4v) is 4.09. The number of benzene rings is 2. The van der Waals surface area contributed by atoms with Crippen LogP contribution in [0, 0.1) is 0 Å². The summed E-state index contributed by atoms with van der Waals surface area (Å²) in [5.74, 6) is -0.402. The van der Waals surface area contributed by atoms with Crippen LogP contribution >= 0.6 is 0 Å². The van der Waals surface area contributed by atoms with Gasteiger partial charge in [0.15, 0.2) is 0 Å². The van der Waals surface area contributed by atoms with Crippen LogP contribution in [-0.4, -0.2) is 35.9 Å². The van der Waals surface area contributed by atoms with Crippen LogP contribution in [0.15, 0.2) is 71.8 Å². The van der Waals surface area contributed by atoms with E-state index in [0.29, 0.717) is 18.6 Å². The summed E-state index contributed by atoms with van der Waals surface area (Å²) in [6.45, 7) is 6.63. The van der Waals surface area contributed by atoms with Crippen molar-refractivity contribution in [1.82, 2.24) is 0 Å². The standard InChI is InChI=1S/C25H31NO3/c1-4-17-26(20-13-9-6-10-14-20)22-18-29-24(27)23(25(2,3)28)21(22)16-15-19-11-7-5-8-12-19/h5-14,22,28H,4,15-18H2,1-3H3/t22-/m0/s1. The highest BCUT2D eigenvalue weighted by atomic mass is 16.5. The molecule has 2 aromatic carbocycles. The summed E-state index contributed by atoms with van der Waals surface area (Å²) >= 11 is 0. The summed E-state index contributed by atoms with van der Waals surface area (Å²) in [5.41, 5.74) is 2.45. The summed E-state index contributed by atoms with van der Waals surface area (Å²) in [7, 11) is 0. The molecule has 0 aliphatic carbocycles. The van der Waals surface area contributed by atoms with Crippen molar-refractivity contribution in [2.75, 3.05) is 18.1 Å². The second-order valence-electron chi connectivity index (χ2n) is 8.09. The first-order valence-corrected chi connectivity index (χ1v) is 10.4. The molecule has 0 saturated carbocycles. The van der Waals surface area contributed by atoms with Gasteiger partial charge >= 0.3 is 5.97 Å². The van der Waals surface area contributed by atoms with E-state index < -0.39 is 11.6 Å². The number of anilines is 1. The van der Waals surface area contributed by atoms with Gasteiger partial charge in [-0.3, -0.25) is 0 Å². The van der Waals surface area contributed by atoms with Gasteiger partial charge in [0, 0.05) is 12.2 Å². The topological polar surface area (TPSA) is 49.8 Å². The molecule has 1 atom stereocenters. The van der Waals surface area contributed by atoms with Gasteiger partial charge in [-0.25, -0.2) is 4.79 Å². The Morgan fingerprint density at radius 3 is 2.24 bits per heavy atom. The maximum Gasteiger partial charge on any atom is 0.337 e. The Bertz CT molecular complexity index is 837. The first-order chi connectivity index (χ1) is 13.9. The normalized spacial score (nSPS) is 17.2. The van der Waals surface area contributed by atoms with Crippen LogP contribution in [0.5, 0.6) is 0 Å². The third-order valence-corrected chi connectivity index (χ3v) is 5.37. The first-order valence-electron chi connectivity index (χ1n) is 10.4. The summed E-state index contributed by atoms with van der Waals surface area (Å²) in [4.78, 5) is 15.0. The third kappa shape index (κ3) is 5.07. The molecule has 0 saturated heterocycles. The van der Waals surface area contributed by atoms with Crippen LogP contribution in [0.3, 0.4) is 0 Å². The van der Waals surface area contributed by atoms with Gasteiger partial charge < -0.3 is 14.7 Å². The van der Waals surface area contributed by atoms with Crippen LogP contribution in [0.4, 0.5) is 5.69 Å². The van der Waals surface area contributed by atoms with Gasteiger partial charge in [0.25, 0.3) is 0 Å². The van der Waals surface area contributed by atoms with Gasteiger partial charge in [0.2, 0.25) is 0 Å². The van der Waals surface area contributed by atoms with Gasteiger partial charge in [-0.15, -0.1) is 0 Å². The van der Waals surface area contributed by atoms with E-state index >= 15 is 0 Å². The van der Waals surface area contributed by atoms with Crippen LogP contribution in [0.1, 0.15) is 39.2 Å². The number of hydrogen-bond acceptors (Lipinski definition) is 4. The fraction of sp³-hybridized carbons (Fsp3) is 0.400. The molecule has 3 rings (SSSR count). The summed E-state index contributed by atoms with van der Waals surface area (Å²) in [6.07, 6.45) is 2.49. The number of carbonyl (C=O) groups is 1. The zero-order valence-electron chi connectivity index (χ0n) is 17.6. The van der Waals surface area contributed by atoms with E-state index in [1.807, 2.05) is 36.4 Å². The molecule has 1 aliphatic rings. The minimum atomic E-state index is -1.25. The van der Waals surface area contributed by atoms with Crippen molar-refractivity contribution < 1.29 is 14.6 Å². The molecule has 2 aromatic rings. The predicted molar refractivity (Wildman–Crippen MR) is 117 cm³/mol. The number of rotatable bonds is 8. The predicted octanol–water partition coefficient (Wildman–Crippen LogP) is 4.53. The molecule has 4 nitrogen and oxygen atoms in total. The molecule has 1 heterocycles. The van der Waals surface area contributed by atoms with Gasteiger partial charge in [-0.1, -0.05) is 55.5 Å². The molecule has 29 heavy (non-hydrogen) atoms. The maximum atomic E-state index is 12.7. The maximum absolute atomic E-state index is 12.7. The Balaban J connectivity index is 2.02. The van der Waals surface area contributed by atoms with Gasteiger partial charge in [0.1, 0.15) is 6.61 Å². The molecule has 1 aliphatic heterocycles. The third-order valence-electron chi connectivity index (χ3n) is 5.37. The molecule has 0 fully saturated rings. The minimum Gasteiger partial charge on any atom is -0.460 e. The second kappa shape index (κ2) is 9.27. The number of aliphatic hydroxyl groups is 1. The molecular weight excluding hydrogens is 362 g/mol. The van der Waals surface area contributed by atoms with E-state index in [4.69, 9.17) is 4.74 Å². The molecule has 154 valence electrons. The summed E-state index contributed by atoms with van der Waals surface area (Å²) in [5, 5.41) is 10.8. The molecule has 0 bridgehead atoms. The van der Waals surface area contributed by atoms with Gasteiger partial charge in [-0.05, 0) is 56.4 Å². The number of esters is 1. The first kappa shape index (κ1) is 21.1. The molecule has 0 aromatic heterocycles. The van der Waals surface area contributed by atoms with Crippen molar-refractivity contribution in [1.29, 1.82) is 0 Å². The molecule has 4 heteroatoms. The number of carbonyl (C=O) groups excluding carboxylic acids is 1. The summed E-state index contributed by atoms with van der Waals surface area (Å²) < 4.78 is 5.56. The van der Waals surface area contributed by atoms with Gasteiger partial charge in [-0.2, -0.15) is 0 Å². The lowest BCUT2D eigenvalue weighted by Gasteiger charge is -2.40. The highest BCUT2D eigenvalue weighted by molar-refractivity contribution is 5.93. The van der Waals surface area contributed by atoms with Crippen molar-refractivity contribution >= 4 is 11.7 Å². The fourth-order valence-electron chi connectivity index (χ4n) is 4.09. The molecule has 0 radical (unpaired) electrons. The van der Waals surface area contributed by atoms with Crippen molar-refractivity contribution in [3.05, 3.63) is 77.4 Å². The number of nitrogens with zero attached hydrogens (tertiary/aromatic N) is 1. The number of ether oxygens (including phenoxy) is 1. The lowest BCUT2D eigenvalue weighted by Crippen LogP contribution is -2.48. The van der Waals surface area contributed by atoms with E-state index in [-0.39, 0.29) is 6.04 Å². The van der Waals surface area contributed by atoms with E-state index in [1.54, 1.807) is 13.8 Å². The summed E-state index contributed by atoms with van der Waals surface area (Å²) in [6, 6.07) is 20.4. The van der Waals surface area contributed by atoms with Crippen molar-refractivity contribution in [2.24, 2.45) is 0 Å². The van der Waals surface area contributed by atoms with E-state index in [0.717, 1.165) is 30.6 Å². The average Bonchev–Trinajstić information content (AvgIpc) is 2.71. The Hall–Kier alpha value is -2.59. The zero-order chi connectivity index (χ0) is 20.9. The van der Waals surface area contributed by atoms with Crippen LogP contribution in [-0.2, 0) is 16.0 Å². The number of aryl methyl sites for hydroxylation is 1. The van der Waals surface area contributed by atoms with Crippen LogP contribution in [0.25, 0.3) is 0 Å². The molecule has 1 N–H and O–H groups in total. The van der Waals surface area contributed by atoms with Crippen LogP contribution < -0.4 is 4.90 Å². The smallest absolute Gasteiger partial charge is 0.337 e. The Morgan fingerprint density at radius 1 is 1.03 bits per heavy atom. The van der Waals surface area contributed by atoms with Crippen LogP contribution in [0.2, 0.25) is 0 Å². The van der Waals surface area contributed by atoms with E-state index in [2.05, 4.69) is 36.1 Å². The Kier molecular flexibility index (Phi) is 6.75.